The van der Waals surface area contributed by atoms with E-state index in [1.165, 1.54) is 11.8 Å². The summed E-state index contributed by atoms with van der Waals surface area (Å²) < 4.78 is 0. The maximum absolute atomic E-state index is 12.2. The molecule has 132 valence electrons. The average molecular weight is 353 g/mol. The number of aliphatic hydroxyl groups is 1. The molecule has 0 aromatic carbocycles. The largest absolute Gasteiger partial charge is 0.390 e. The van der Waals surface area contributed by atoms with E-state index in [0.29, 0.717) is 29.3 Å². The molecule has 0 aliphatic carbocycles. The van der Waals surface area contributed by atoms with Crippen LogP contribution in [0.15, 0.2) is 12.1 Å². The molecule has 1 saturated heterocycles. The number of carbonyl (C=O) groups excluding carboxylic acids is 3. The third kappa shape index (κ3) is 4.62. The number of likely N-dealkylation sites (N-methyl/N-ethyl adjacent to an activating group) is 1. The Kier molecular flexibility index (Phi) is 6.09. The van der Waals surface area contributed by atoms with Gasteiger partial charge in [0.1, 0.15) is 0 Å². The van der Waals surface area contributed by atoms with Gasteiger partial charge in [0.2, 0.25) is 5.91 Å². The molecule has 1 fully saturated rings. The van der Waals surface area contributed by atoms with Crippen molar-refractivity contribution in [3.63, 3.8) is 0 Å². The van der Waals surface area contributed by atoms with E-state index >= 15 is 0 Å². The third-order valence-electron chi connectivity index (χ3n) is 4.02. The number of ketones is 1. The van der Waals surface area contributed by atoms with Crippen molar-refractivity contribution in [3.05, 3.63) is 21.9 Å². The van der Waals surface area contributed by atoms with Gasteiger partial charge in [-0.2, -0.15) is 0 Å². The summed E-state index contributed by atoms with van der Waals surface area (Å²) in [6.07, 6.45) is -0.164. The lowest BCUT2D eigenvalue weighted by atomic mass is 10.0. The number of hydrogen-bond acceptors (Lipinski definition) is 6. The fraction of sp³-hybridized carbons (Fsp3) is 0.562. The molecule has 1 aromatic heterocycles. The van der Waals surface area contributed by atoms with E-state index in [2.05, 4.69) is 5.32 Å². The first-order chi connectivity index (χ1) is 11.3. The Morgan fingerprint density at radius 2 is 2.00 bits per heavy atom. The summed E-state index contributed by atoms with van der Waals surface area (Å²) in [7, 11) is 3.39. The Balaban J connectivity index is 1.89. The Morgan fingerprint density at radius 1 is 1.33 bits per heavy atom. The number of Topliss-reactive ketones (excluding diaryl/α,β-unsaturated/α-hetero) is 1. The molecular formula is C16H23N3O4S. The number of nitrogens with zero attached hydrogens (tertiary/aromatic N) is 2. The summed E-state index contributed by atoms with van der Waals surface area (Å²) in [5.74, 6) is -0.368. The number of aliphatic hydroxyl groups excluding tert-OH is 1. The fourth-order valence-electron chi connectivity index (χ4n) is 2.53. The monoisotopic (exact) mass is 353 g/mol. The zero-order valence-electron chi connectivity index (χ0n) is 14.1. The number of thiophene rings is 1. The van der Waals surface area contributed by atoms with Crippen molar-refractivity contribution in [3.8, 4) is 0 Å². The van der Waals surface area contributed by atoms with Gasteiger partial charge in [0, 0.05) is 27.2 Å². The van der Waals surface area contributed by atoms with Crippen molar-refractivity contribution in [2.75, 3.05) is 33.7 Å². The van der Waals surface area contributed by atoms with Crippen LogP contribution in [0.3, 0.4) is 0 Å². The van der Waals surface area contributed by atoms with Gasteiger partial charge in [0.15, 0.2) is 5.78 Å². The van der Waals surface area contributed by atoms with Gasteiger partial charge in [-0.1, -0.05) is 0 Å². The minimum atomic E-state index is -0.732. The van der Waals surface area contributed by atoms with Crippen LogP contribution < -0.4 is 5.32 Å². The summed E-state index contributed by atoms with van der Waals surface area (Å²) >= 11 is 1.15. The number of amides is 2. The molecule has 1 aromatic rings. The molecule has 2 heterocycles. The molecule has 0 unspecified atom stereocenters. The predicted octanol–water partition coefficient (Wildman–Crippen LogP) is 0.204. The van der Waals surface area contributed by atoms with Crippen LogP contribution in [-0.2, 0) is 4.79 Å². The Bertz CT molecular complexity index is 629. The number of likely N-dealkylation sites (tertiary alicyclic amines) is 1. The summed E-state index contributed by atoms with van der Waals surface area (Å²) in [6, 6.07) is 2.90. The molecular weight excluding hydrogens is 330 g/mol. The van der Waals surface area contributed by atoms with Crippen molar-refractivity contribution in [1.29, 1.82) is 0 Å². The van der Waals surface area contributed by atoms with Crippen molar-refractivity contribution in [1.82, 2.24) is 15.1 Å². The van der Waals surface area contributed by atoms with E-state index in [9.17, 15) is 19.5 Å². The standard InChI is InChI=1S/C16H23N3O4S/c1-10(20)13-4-5-14(24-13)16(23)17-11-6-7-19(8-12(11)21)9-15(22)18(2)3/h4-5,11-12,21H,6-9H2,1-3H3,(H,17,23)/t11-,12-/m1/s1. The molecule has 0 spiro atoms. The van der Waals surface area contributed by atoms with Gasteiger partial charge in [-0.15, -0.1) is 11.3 Å². The summed E-state index contributed by atoms with van der Waals surface area (Å²) in [6.45, 7) is 2.69. The molecule has 2 atom stereocenters. The first-order valence-electron chi connectivity index (χ1n) is 7.80. The van der Waals surface area contributed by atoms with Gasteiger partial charge in [-0.25, -0.2) is 0 Å². The molecule has 2 rings (SSSR count). The second-order valence-electron chi connectivity index (χ2n) is 6.18. The SMILES string of the molecule is CC(=O)c1ccc(C(=O)N[C@@H]2CCN(CC(=O)N(C)C)C[C@H]2O)s1. The highest BCUT2D eigenvalue weighted by atomic mass is 32.1. The predicted molar refractivity (Wildman–Crippen MR) is 91.3 cm³/mol. The zero-order chi connectivity index (χ0) is 17.9. The lowest BCUT2D eigenvalue weighted by Gasteiger charge is -2.36. The van der Waals surface area contributed by atoms with E-state index in [0.717, 1.165) is 11.3 Å². The lowest BCUT2D eigenvalue weighted by Crippen LogP contribution is -2.55. The highest BCUT2D eigenvalue weighted by Crippen LogP contribution is 2.18. The molecule has 0 radical (unpaired) electrons. The molecule has 8 heteroatoms. The van der Waals surface area contributed by atoms with Gasteiger partial charge in [0.05, 0.1) is 28.4 Å². The van der Waals surface area contributed by atoms with Crippen molar-refractivity contribution < 1.29 is 19.5 Å². The molecule has 2 amide bonds. The number of β-amino-alcohol motifs (C(OH)–C–C–N with tert-alkyl or cyclic N) is 1. The van der Waals surface area contributed by atoms with Gasteiger partial charge in [0.25, 0.3) is 5.91 Å². The van der Waals surface area contributed by atoms with Crippen LogP contribution in [0.5, 0.6) is 0 Å². The van der Waals surface area contributed by atoms with Crippen LogP contribution in [0.4, 0.5) is 0 Å². The number of nitrogens with one attached hydrogen (secondary N) is 1. The Labute approximate surface area is 145 Å². The van der Waals surface area contributed by atoms with Crippen LogP contribution >= 0.6 is 11.3 Å². The molecule has 1 aliphatic heterocycles. The molecule has 1 aliphatic rings. The second kappa shape index (κ2) is 7.87. The summed E-state index contributed by atoms with van der Waals surface area (Å²) in [5, 5.41) is 13.1. The van der Waals surface area contributed by atoms with Crippen molar-refractivity contribution >= 4 is 28.9 Å². The number of piperidine rings is 1. The van der Waals surface area contributed by atoms with Crippen LogP contribution in [0, 0.1) is 0 Å². The van der Waals surface area contributed by atoms with Gasteiger partial charge in [-0.3, -0.25) is 19.3 Å². The van der Waals surface area contributed by atoms with Gasteiger partial charge >= 0.3 is 0 Å². The summed E-state index contributed by atoms with van der Waals surface area (Å²) in [5.41, 5.74) is 0. The molecule has 24 heavy (non-hydrogen) atoms. The van der Waals surface area contributed by atoms with E-state index in [1.54, 1.807) is 26.2 Å². The molecule has 7 nitrogen and oxygen atoms in total. The number of hydrogen-bond donors (Lipinski definition) is 2. The smallest absolute Gasteiger partial charge is 0.261 e. The van der Waals surface area contributed by atoms with Crippen molar-refractivity contribution in [2.45, 2.75) is 25.5 Å². The first-order valence-corrected chi connectivity index (χ1v) is 8.61. The Morgan fingerprint density at radius 3 is 2.54 bits per heavy atom. The second-order valence-corrected chi connectivity index (χ2v) is 7.26. The van der Waals surface area contributed by atoms with Gasteiger partial charge < -0.3 is 15.3 Å². The molecule has 2 N–H and O–H groups in total. The first kappa shape index (κ1) is 18.6. The third-order valence-corrected chi connectivity index (χ3v) is 5.20. The zero-order valence-corrected chi connectivity index (χ0v) is 14.9. The quantitative estimate of drug-likeness (QED) is 0.739. The van der Waals surface area contributed by atoms with Crippen LogP contribution in [-0.4, -0.2) is 78.4 Å². The van der Waals surface area contributed by atoms with Gasteiger partial charge in [-0.05, 0) is 25.5 Å². The normalized spacial score (nSPS) is 21.3. The Hall–Kier alpha value is -1.77. The molecule has 0 saturated carbocycles. The van der Waals surface area contributed by atoms with Crippen molar-refractivity contribution in [2.24, 2.45) is 0 Å². The number of rotatable bonds is 5. The summed E-state index contributed by atoms with van der Waals surface area (Å²) in [4.78, 5) is 39.7. The van der Waals surface area contributed by atoms with E-state index in [4.69, 9.17) is 0 Å². The number of carbonyl (C=O) groups is 3. The van der Waals surface area contributed by atoms with E-state index < -0.39 is 6.10 Å². The van der Waals surface area contributed by atoms with Crippen LogP contribution in [0.2, 0.25) is 0 Å². The van der Waals surface area contributed by atoms with E-state index in [-0.39, 0.29) is 30.2 Å². The fourth-order valence-corrected chi connectivity index (χ4v) is 3.33. The molecule has 0 bridgehead atoms. The lowest BCUT2D eigenvalue weighted by molar-refractivity contribution is -0.130. The minimum Gasteiger partial charge on any atom is -0.390 e. The highest BCUT2D eigenvalue weighted by molar-refractivity contribution is 7.15. The topological polar surface area (TPSA) is 90.0 Å². The van der Waals surface area contributed by atoms with Crippen LogP contribution in [0.25, 0.3) is 0 Å². The average Bonchev–Trinajstić information content (AvgIpc) is 3.00. The minimum absolute atomic E-state index is 0.0139. The highest BCUT2D eigenvalue weighted by Gasteiger charge is 2.30. The maximum atomic E-state index is 12.2. The maximum Gasteiger partial charge on any atom is 0.261 e. The van der Waals surface area contributed by atoms with Crippen LogP contribution in [0.1, 0.15) is 32.7 Å². The van der Waals surface area contributed by atoms with E-state index in [1.807, 2.05) is 4.90 Å².